The van der Waals surface area contributed by atoms with Crippen molar-refractivity contribution in [2.45, 2.75) is 51.4 Å². The molecule has 1 unspecified atom stereocenters. The molecule has 0 heterocycles. The molecule has 0 heteroatoms. The molecule has 1 aliphatic rings. The second kappa shape index (κ2) is 6.28. The molecular formula is C12H21. The molecule has 1 aliphatic carbocycles. The predicted octanol–water partition coefficient (Wildman–Crippen LogP) is 4.13. The van der Waals surface area contributed by atoms with Crippen molar-refractivity contribution in [3.8, 4) is 0 Å². The first-order valence-corrected chi connectivity index (χ1v) is 5.37. The Hall–Kier alpha value is -0.260. The minimum atomic E-state index is 0.896. The van der Waals surface area contributed by atoms with E-state index in [9.17, 15) is 0 Å². The Balaban J connectivity index is 2.27. The van der Waals surface area contributed by atoms with Gasteiger partial charge in [0, 0.05) is 0 Å². The van der Waals surface area contributed by atoms with Crippen molar-refractivity contribution in [2.24, 2.45) is 5.92 Å². The molecule has 0 aliphatic heterocycles. The molecule has 69 valence electrons. The van der Waals surface area contributed by atoms with E-state index in [1.165, 1.54) is 44.9 Å². The zero-order valence-corrected chi connectivity index (χ0v) is 8.10. The first kappa shape index (κ1) is 9.83. The van der Waals surface area contributed by atoms with Crippen LogP contribution in [0.15, 0.2) is 12.2 Å². The van der Waals surface area contributed by atoms with Crippen LogP contribution >= 0.6 is 0 Å². The highest BCUT2D eigenvalue weighted by Gasteiger charge is 2.05. The molecule has 0 saturated heterocycles. The lowest BCUT2D eigenvalue weighted by molar-refractivity contribution is 0.429. The van der Waals surface area contributed by atoms with Crippen LogP contribution in [0.4, 0.5) is 0 Å². The minimum absolute atomic E-state index is 0.896. The first-order chi connectivity index (χ1) is 5.93. The van der Waals surface area contributed by atoms with Crippen molar-refractivity contribution < 1.29 is 0 Å². The number of allylic oxidation sites excluding steroid dienone is 2. The molecule has 0 saturated carbocycles. The summed E-state index contributed by atoms with van der Waals surface area (Å²) in [6.07, 6.45) is 15.4. The van der Waals surface area contributed by atoms with Crippen LogP contribution in [0.1, 0.15) is 51.4 Å². The van der Waals surface area contributed by atoms with Gasteiger partial charge in [0.05, 0.1) is 0 Å². The molecule has 0 nitrogen and oxygen atoms in total. The standard InChI is InChI=1S/C12H21/c1-2-12-10-8-6-4-3-5-7-9-11-12/h4,6,12H,1-3,5,7-11H2. The Labute approximate surface area is 77.1 Å². The Bertz CT molecular complexity index is 124. The van der Waals surface area contributed by atoms with Gasteiger partial charge in [-0.2, -0.15) is 0 Å². The summed E-state index contributed by atoms with van der Waals surface area (Å²) in [5, 5.41) is 0. The van der Waals surface area contributed by atoms with Crippen molar-refractivity contribution in [1.82, 2.24) is 0 Å². The zero-order chi connectivity index (χ0) is 8.65. The van der Waals surface area contributed by atoms with Crippen LogP contribution in [0, 0.1) is 12.8 Å². The van der Waals surface area contributed by atoms with Crippen LogP contribution in [0.2, 0.25) is 0 Å². The van der Waals surface area contributed by atoms with Gasteiger partial charge in [-0.3, -0.25) is 0 Å². The van der Waals surface area contributed by atoms with Gasteiger partial charge in [0.2, 0.25) is 0 Å². The smallest absolute Gasteiger partial charge is 0.0348 e. The Morgan fingerprint density at radius 1 is 1.00 bits per heavy atom. The second-order valence-electron chi connectivity index (χ2n) is 3.84. The van der Waals surface area contributed by atoms with Gasteiger partial charge >= 0.3 is 0 Å². The fourth-order valence-electron chi connectivity index (χ4n) is 1.87. The molecule has 0 N–H and O–H groups in total. The molecule has 12 heavy (non-hydrogen) atoms. The molecule has 0 aromatic heterocycles. The molecule has 0 fully saturated rings. The topological polar surface area (TPSA) is 0 Å². The fourth-order valence-corrected chi connectivity index (χ4v) is 1.87. The van der Waals surface area contributed by atoms with Crippen molar-refractivity contribution in [3.05, 3.63) is 19.1 Å². The molecule has 0 spiro atoms. The Kier molecular flexibility index (Phi) is 5.14. The quantitative estimate of drug-likeness (QED) is 0.512. The van der Waals surface area contributed by atoms with E-state index < -0.39 is 0 Å². The van der Waals surface area contributed by atoms with Gasteiger partial charge in [-0.15, -0.1) is 0 Å². The normalized spacial score (nSPS) is 26.9. The highest BCUT2D eigenvalue weighted by molar-refractivity contribution is 4.83. The Morgan fingerprint density at radius 3 is 2.67 bits per heavy atom. The highest BCUT2D eigenvalue weighted by atomic mass is 14.1. The van der Waals surface area contributed by atoms with Crippen LogP contribution < -0.4 is 0 Å². The fraction of sp³-hybridized carbons (Fsp3) is 0.750. The van der Waals surface area contributed by atoms with Gasteiger partial charge < -0.3 is 0 Å². The lowest BCUT2D eigenvalue weighted by atomic mass is 9.92. The van der Waals surface area contributed by atoms with E-state index in [0.29, 0.717) is 0 Å². The number of hydrogen-bond acceptors (Lipinski definition) is 0. The summed E-state index contributed by atoms with van der Waals surface area (Å²) in [4.78, 5) is 0. The van der Waals surface area contributed by atoms with Gasteiger partial charge in [0.1, 0.15) is 0 Å². The van der Waals surface area contributed by atoms with Gasteiger partial charge in [-0.1, -0.05) is 44.8 Å². The average molecular weight is 165 g/mol. The van der Waals surface area contributed by atoms with Gasteiger partial charge in [-0.25, -0.2) is 0 Å². The first-order valence-electron chi connectivity index (χ1n) is 5.37. The predicted molar refractivity (Wildman–Crippen MR) is 54.9 cm³/mol. The van der Waals surface area contributed by atoms with Crippen LogP contribution in [-0.2, 0) is 0 Å². The third kappa shape index (κ3) is 3.94. The summed E-state index contributed by atoms with van der Waals surface area (Å²) in [6, 6.07) is 0. The third-order valence-corrected chi connectivity index (χ3v) is 2.80. The zero-order valence-electron chi connectivity index (χ0n) is 8.10. The molecule has 0 aromatic rings. The molecule has 0 amide bonds. The summed E-state index contributed by atoms with van der Waals surface area (Å²) in [6.45, 7) is 4.01. The van der Waals surface area contributed by atoms with E-state index in [1.807, 2.05) is 0 Å². The summed E-state index contributed by atoms with van der Waals surface area (Å²) < 4.78 is 0. The highest BCUT2D eigenvalue weighted by Crippen LogP contribution is 2.20. The largest absolute Gasteiger partial charge is 0.0885 e. The third-order valence-electron chi connectivity index (χ3n) is 2.80. The maximum absolute atomic E-state index is 4.01. The molecule has 0 bridgehead atoms. The maximum atomic E-state index is 4.01. The Morgan fingerprint density at radius 2 is 1.83 bits per heavy atom. The van der Waals surface area contributed by atoms with Crippen LogP contribution in [0.25, 0.3) is 0 Å². The number of hydrogen-bond donors (Lipinski definition) is 0. The SMILES string of the molecule is [CH2]CC1CCC=CCCCCC1. The monoisotopic (exact) mass is 165 g/mol. The molecular weight excluding hydrogens is 144 g/mol. The molecule has 1 atom stereocenters. The van der Waals surface area contributed by atoms with Crippen LogP contribution in [-0.4, -0.2) is 0 Å². The van der Waals surface area contributed by atoms with E-state index in [1.54, 1.807) is 0 Å². The minimum Gasteiger partial charge on any atom is -0.0885 e. The summed E-state index contributed by atoms with van der Waals surface area (Å²) >= 11 is 0. The molecule has 1 radical (unpaired) electrons. The van der Waals surface area contributed by atoms with Gasteiger partial charge in [0.15, 0.2) is 0 Å². The lowest BCUT2D eigenvalue weighted by Crippen LogP contribution is -1.99. The van der Waals surface area contributed by atoms with Crippen molar-refractivity contribution in [1.29, 1.82) is 0 Å². The van der Waals surface area contributed by atoms with Crippen molar-refractivity contribution >= 4 is 0 Å². The van der Waals surface area contributed by atoms with Crippen molar-refractivity contribution in [3.63, 3.8) is 0 Å². The lowest BCUT2D eigenvalue weighted by Gasteiger charge is -2.14. The van der Waals surface area contributed by atoms with E-state index in [0.717, 1.165) is 12.3 Å². The molecule has 1 rings (SSSR count). The van der Waals surface area contributed by atoms with Crippen LogP contribution in [0.5, 0.6) is 0 Å². The van der Waals surface area contributed by atoms with Crippen LogP contribution in [0.3, 0.4) is 0 Å². The molecule has 0 aromatic carbocycles. The van der Waals surface area contributed by atoms with Gasteiger partial charge in [0.25, 0.3) is 0 Å². The van der Waals surface area contributed by atoms with Gasteiger partial charge in [-0.05, 0) is 31.6 Å². The average Bonchev–Trinajstić information content (AvgIpc) is 2.14. The van der Waals surface area contributed by atoms with Crippen molar-refractivity contribution in [2.75, 3.05) is 0 Å². The van der Waals surface area contributed by atoms with E-state index in [-0.39, 0.29) is 0 Å². The maximum Gasteiger partial charge on any atom is -0.0348 e. The summed E-state index contributed by atoms with van der Waals surface area (Å²) in [5.74, 6) is 0.896. The number of rotatable bonds is 1. The van der Waals surface area contributed by atoms with E-state index in [2.05, 4.69) is 19.1 Å². The summed E-state index contributed by atoms with van der Waals surface area (Å²) in [5.41, 5.74) is 0. The van der Waals surface area contributed by atoms with E-state index >= 15 is 0 Å². The second-order valence-corrected chi connectivity index (χ2v) is 3.84. The summed E-state index contributed by atoms with van der Waals surface area (Å²) in [7, 11) is 0. The van der Waals surface area contributed by atoms with E-state index in [4.69, 9.17) is 0 Å².